The topological polar surface area (TPSA) is 60.2 Å². The van der Waals surface area contributed by atoms with Crippen molar-refractivity contribution in [2.45, 2.75) is 35.7 Å². The molecule has 1 aliphatic carbocycles. The van der Waals surface area contributed by atoms with Crippen LogP contribution in [0.25, 0.3) is 0 Å². The van der Waals surface area contributed by atoms with Crippen LogP contribution in [0.15, 0.2) is 23.1 Å². The van der Waals surface area contributed by atoms with E-state index in [1.54, 1.807) is 0 Å². The van der Waals surface area contributed by atoms with Crippen LogP contribution >= 0.6 is 0 Å². The van der Waals surface area contributed by atoms with E-state index >= 15 is 0 Å². The van der Waals surface area contributed by atoms with Gasteiger partial charge in [-0.05, 0) is 30.5 Å². The average Bonchev–Trinajstić information content (AvgIpc) is 3.11. The van der Waals surface area contributed by atoms with Crippen LogP contribution in [-0.2, 0) is 22.6 Å². The first kappa shape index (κ1) is 13.4. The van der Waals surface area contributed by atoms with Gasteiger partial charge in [-0.3, -0.25) is 0 Å². The van der Waals surface area contributed by atoms with E-state index in [1.165, 1.54) is 6.07 Å². The molecule has 18 heavy (non-hydrogen) atoms. The van der Waals surface area contributed by atoms with Crippen LogP contribution < -0.4 is 5.73 Å². The molecule has 2 N–H and O–H groups in total. The molecule has 1 aliphatic rings. The van der Waals surface area contributed by atoms with Crippen molar-refractivity contribution < 1.29 is 21.6 Å². The van der Waals surface area contributed by atoms with Gasteiger partial charge in [0.15, 0.2) is 9.84 Å². The molecular formula is C11H12F3NO2S. The molecule has 1 aromatic carbocycles. The average molecular weight is 279 g/mol. The van der Waals surface area contributed by atoms with E-state index in [9.17, 15) is 21.6 Å². The van der Waals surface area contributed by atoms with Crippen LogP contribution in [0.4, 0.5) is 13.2 Å². The van der Waals surface area contributed by atoms with Gasteiger partial charge in [0.05, 0.1) is 15.7 Å². The lowest BCUT2D eigenvalue weighted by molar-refractivity contribution is -0.138. The Kier molecular flexibility index (Phi) is 3.14. The predicted molar refractivity (Wildman–Crippen MR) is 59.5 cm³/mol. The van der Waals surface area contributed by atoms with Crippen LogP contribution in [0.5, 0.6) is 0 Å². The highest BCUT2D eigenvalue weighted by atomic mass is 32.2. The molecule has 0 radical (unpaired) electrons. The summed E-state index contributed by atoms with van der Waals surface area (Å²) in [4.78, 5) is -0.269. The van der Waals surface area contributed by atoms with Crippen LogP contribution in [-0.4, -0.2) is 13.7 Å². The third-order valence-corrected chi connectivity index (χ3v) is 5.16. The Labute approximate surface area is 103 Å². The van der Waals surface area contributed by atoms with E-state index in [0.29, 0.717) is 18.9 Å². The molecule has 1 saturated carbocycles. The summed E-state index contributed by atoms with van der Waals surface area (Å²) < 4.78 is 62.1. The lowest BCUT2D eigenvalue weighted by Crippen LogP contribution is -2.15. The minimum absolute atomic E-state index is 0.0998. The molecule has 7 heteroatoms. The maximum atomic E-state index is 12.8. The Bertz CT molecular complexity index is 562. The number of alkyl halides is 3. The number of hydrogen-bond donors (Lipinski definition) is 1. The maximum Gasteiger partial charge on any atom is 0.416 e. The van der Waals surface area contributed by atoms with Crippen molar-refractivity contribution in [1.82, 2.24) is 0 Å². The fourth-order valence-electron chi connectivity index (χ4n) is 1.75. The number of sulfone groups is 1. The molecule has 1 fully saturated rings. The number of nitrogens with two attached hydrogens (primary N) is 1. The van der Waals surface area contributed by atoms with Crippen molar-refractivity contribution in [3.63, 3.8) is 0 Å². The predicted octanol–water partition coefficient (Wildman–Crippen LogP) is 2.10. The van der Waals surface area contributed by atoms with Gasteiger partial charge in [0.1, 0.15) is 0 Å². The highest BCUT2D eigenvalue weighted by Crippen LogP contribution is 2.37. The van der Waals surface area contributed by atoms with E-state index < -0.39 is 26.8 Å². The molecule has 0 atom stereocenters. The van der Waals surface area contributed by atoms with Gasteiger partial charge in [-0.2, -0.15) is 13.2 Å². The molecule has 0 aliphatic heterocycles. The summed E-state index contributed by atoms with van der Waals surface area (Å²) >= 11 is 0. The minimum Gasteiger partial charge on any atom is -0.326 e. The first-order valence-corrected chi connectivity index (χ1v) is 6.95. The van der Waals surface area contributed by atoms with Crippen LogP contribution in [0, 0.1) is 0 Å². The first-order valence-electron chi connectivity index (χ1n) is 5.41. The van der Waals surface area contributed by atoms with Gasteiger partial charge in [-0.25, -0.2) is 8.42 Å². The number of halogens is 3. The summed E-state index contributed by atoms with van der Waals surface area (Å²) in [5.74, 6) is 0. The van der Waals surface area contributed by atoms with E-state index in [1.807, 2.05) is 0 Å². The van der Waals surface area contributed by atoms with Crippen LogP contribution in [0.1, 0.15) is 24.0 Å². The molecule has 0 aromatic heterocycles. The van der Waals surface area contributed by atoms with Gasteiger partial charge in [-0.1, -0.05) is 6.07 Å². The summed E-state index contributed by atoms with van der Waals surface area (Å²) in [6, 6.07) is 3.03. The lowest BCUT2D eigenvalue weighted by Gasteiger charge is -2.13. The van der Waals surface area contributed by atoms with Crippen molar-refractivity contribution in [3.05, 3.63) is 29.3 Å². The van der Waals surface area contributed by atoms with Gasteiger partial charge in [-0.15, -0.1) is 0 Å². The molecule has 0 heterocycles. The third kappa shape index (κ3) is 2.37. The quantitative estimate of drug-likeness (QED) is 0.921. The smallest absolute Gasteiger partial charge is 0.326 e. The van der Waals surface area contributed by atoms with Crippen molar-refractivity contribution >= 4 is 9.84 Å². The van der Waals surface area contributed by atoms with Crippen LogP contribution in [0.2, 0.25) is 0 Å². The first-order chi connectivity index (χ1) is 8.26. The van der Waals surface area contributed by atoms with Gasteiger partial charge in [0, 0.05) is 6.54 Å². The highest BCUT2D eigenvalue weighted by Gasteiger charge is 2.39. The Morgan fingerprint density at radius 1 is 1.28 bits per heavy atom. The lowest BCUT2D eigenvalue weighted by atomic mass is 10.1. The zero-order valence-corrected chi connectivity index (χ0v) is 10.2. The van der Waals surface area contributed by atoms with Crippen molar-refractivity contribution in [2.75, 3.05) is 0 Å². The minimum atomic E-state index is -4.59. The van der Waals surface area contributed by atoms with Gasteiger partial charge in [0.2, 0.25) is 0 Å². The number of hydrogen-bond acceptors (Lipinski definition) is 3. The summed E-state index contributed by atoms with van der Waals surface area (Å²) in [7, 11) is -3.61. The molecule has 100 valence electrons. The fourth-order valence-corrected chi connectivity index (χ4v) is 3.43. The molecule has 0 bridgehead atoms. The number of rotatable bonds is 3. The fraction of sp³-hybridized carbons (Fsp3) is 0.455. The largest absolute Gasteiger partial charge is 0.416 e. The molecular weight excluding hydrogens is 267 g/mol. The van der Waals surface area contributed by atoms with Gasteiger partial charge in [0.25, 0.3) is 0 Å². The highest BCUT2D eigenvalue weighted by molar-refractivity contribution is 7.92. The monoisotopic (exact) mass is 279 g/mol. The summed E-state index contributed by atoms with van der Waals surface area (Å²) in [5.41, 5.74) is 4.16. The molecule has 0 spiro atoms. The van der Waals surface area contributed by atoms with Gasteiger partial charge < -0.3 is 5.73 Å². The second kappa shape index (κ2) is 4.24. The summed E-state index contributed by atoms with van der Waals surface area (Å²) in [5, 5.41) is -0.526. The Hall–Kier alpha value is -1.08. The van der Waals surface area contributed by atoms with Crippen molar-refractivity contribution in [2.24, 2.45) is 5.73 Å². The van der Waals surface area contributed by atoms with Crippen LogP contribution in [0.3, 0.4) is 0 Å². The second-order valence-corrected chi connectivity index (χ2v) is 6.49. The summed E-state index contributed by atoms with van der Waals surface area (Å²) in [6.07, 6.45) is -3.56. The molecule has 2 rings (SSSR count). The van der Waals surface area contributed by atoms with E-state index in [4.69, 9.17) is 5.73 Å². The molecule has 0 saturated heterocycles. The van der Waals surface area contributed by atoms with Crippen molar-refractivity contribution in [3.8, 4) is 0 Å². The zero-order valence-electron chi connectivity index (χ0n) is 9.37. The molecule has 1 aromatic rings. The Morgan fingerprint density at radius 3 is 2.33 bits per heavy atom. The second-order valence-electron chi connectivity index (χ2n) is 4.27. The van der Waals surface area contributed by atoms with E-state index in [0.717, 1.165) is 6.07 Å². The zero-order chi connectivity index (χ0) is 13.6. The standard InChI is InChI=1S/C11H12F3NO2S/c12-11(13,14)10-5-9(2-1-7(10)6-15)18(16,17)8-3-4-8/h1-2,5,8H,3-4,6,15H2. The molecule has 3 nitrogen and oxygen atoms in total. The van der Waals surface area contributed by atoms with Crippen molar-refractivity contribution in [1.29, 1.82) is 0 Å². The Balaban J connectivity index is 2.53. The SMILES string of the molecule is NCc1ccc(S(=O)(=O)C2CC2)cc1C(F)(F)F. The molecule has 0 unspecified atom stereocenters. The van der Waals surface area contributed by atoms with E-state index in [2.05, 4.69) is 0 Å². The maximum absolute atomic E-state index is 12.8. The summed E-state index contributed by atoms with van der Waals surface area (Å²) in [6.45, 7) is -0.279. The molecule has 0 amide bonds. The normalized spacial score (nSPS) is 16.9. The van der Waals surface area contributed by atoms with E-state index in [-0.39, 0.29) is 17.0 Å². The van der Waals surface area contributed by atoms with Gasteiger partial charge >= 0.3 is 6.18 Å². The Morgan fingerprint density at radius 2 is 1.89 bits per heavy atom. The third-order valence-electron chi connectivity index (χ3n) is 2.90. The number of benzene rings is 1.